The van der Waals surface area contributed by atoms with Crippen molar-refractivity contribution >= 4 is 22.9 Å². The minimum atomic E-state index is -1.69. The predicted octanol–water partition coefficient (Wildman–Crippen LogP) is 0.673. The molecule has 1 aromatic carbocycles. The van der Waals surface area contributed by atoms with Gasteiger partial charge in [0, 0.05) is 38.2 Å². The van der Waals surface area contributed by atoms with Gasteiger partial charge in [-0.05, 0) is 12.1 Å². The Morgan fingerprint density at radius 1 is 1.28 bits per heavy atom. The fourth-order valence-electron chi connectivity index (χ4n) is 3.20. The van der Waals surface area contributed by atoms with Gasteiger partial charge in [-0.25, -0.2) is 14.8 Å². The maximum atomic E-state index is 12.1. The maximum Gasteiger partial charge on any atom is 0.355 e. The summed E-state index contributed by atoms with van der Waals surface area (Å²) >= 11 is 0. The van der Waals surface area contributed by atoms with Crippen LogP contribution in [0.5, 0.6) is 0 Å². The van der Waals surface area contributed by atoms with Crippen molar-refractivity contribution in [2.45, 2.75) is 12.0 Å². The van der Waals surface area contributed by atoms with Crippen molar-refractivity contribution in [3.8, 4) is 23.2 Å². The molecule has 0 bridgehead atoms. The largest absolute Gasteiger partial charge is 0.476 e. The molecule has 1 aliphatic heterocycles. The Morgan fingerprint density at radius 2 is 2.07 bits per heavy atom. The molecule has 9 nitrogen and oxygen atoms in total. The molecule has 2 aromatic heterocycles. The molecule has 1 amide bonds. The summed E-state index contributed by atoms with van der Waals surface area (Å²) in [4.78, 5) is 33.7. The number of nitrogens with zero attached hydrogens (tertiary/aromatic N) is 5. The number of likely N-dealkylation sites (N-methyl/N-ethyl adjacent to an activating group) is 1. The van der Waals surface area contributed by atoms with Crippen molar-refractivity contribution < 1.29 is 19.8 Å². The van der Waals surface area contributed by atoms with Crippen LogP contribution in [0.25, 0.3) is 22.4 Å². The molecule has 3 heterocycles. The number of benzene rings is 1. The zero-order valence-corrected chi connectivity index (χ0v) is 15.7. The number of amides is 1. The second kappa shape index (κ2) is 6.68. The van der Waals surface area contributed by atoms with Gasteiger partial charge in [-0.1, -0.05) is 24.0 Å². The molecule has 9 heteroatoms. The van der Waals surface area contributed by atoms with Crippen LogP contribution in [0.15, 0.2) is 30.5 Å². The zero-order valence-electron chi connectivity index (χ0n) is 15.7. The summed E-state index contributed by atoms with van der Waals surface area (Å²) in [5, 5.41) is 24.3. The third kappa shape index (κ3) is 3.19. The number of fused-ring (bicyclic) bond motifs is 1. The molecule has 0 spiro atoms. The van der Waals surface area contributed by atoms with E-state index in [1.807, 2.05) is 0 Å². The first-order chi connectivity index (χ1) is 13.8. The summed E-state index contributed by atoms with van der Waals surface area (Å²) in [5.41, 5.74) is -0.319. The number of carboxylic acids is 1. The topological polar surface area (TPSA) is 121 Å². The Morgan fingerprint density at radius 3 is 2.76 bits per heavy atom. The zero-order chi connectivity index (χ0) is 20.8. The highest BCUT2D eigenvalue weighted by Crippen LogP contribution is 2.23. The van der Waals surface area contributed by atoms with E-state index in [4.69, 9.17) is 0 Å². The van der Waals surface area contributed by atoms with Gasteiger partial charge >= 0.3 is 5.97 Å². The van der Waals surface area contributed by atoms with E-state index in [0.717, 1.165) is 0 Å². The smallest absolute Gasteiger partial charge is 0.355 e. The molecule has 4 rings (SSSR count). The Kier molecular flexibility index (Phi) is 4.28. The lowest BCUT2D eigenvalue weighted by atomic mass is 10.0. The number of aliphatic hydroxyl groups is 1. The number of rotatable bonds is 2. The number of aromatic nitrogens is 4. The van der Waals surface area contributed by atoms with Gasteiger partial charge in [-0.3, -0.25) is 9.48 Å². The van der Waals surface area contributed by atoms with Gasteiger partial charge in [0.05, 0.1) is 11.6 Å². The van der Waals surface area contributed by atoms with Gasteiger partial charge < -0.3 is 15.1 Å². The molecule has 1 atom stereocenters. The molecular formula is C20H17N5O4. The second-order valence-electron chi connectivity index (χ2n) is 6.87. The lowest BCUT2D eigenvalue weighted by Crippen LogP contribution is -2.37. The molecule has 1 fully saturated rings. The lowest BCUT2D eigenvalue weighted by molar-refractivity contribution is -0.137. The first-order valence-corrected chi connectivity index (χ1v) is 8.83. The fraction of sp³-hybridized carbons (Fsp3) is 0.250. The molecule has 3 aromatic rings. The van der Waals surface area contributed by atoms with Gasteiger partial charge in [0.25, 0.3) is 5.91 Å². The van der Waals surface area contributed by atoms with Crippen LogP contribution in [0, 0.1) is 11.8 Å². The Balaban J connectivity index is 1.76. The van der Waals surface area contributed by atoms with Crippen LogP contribution < -0.4 is 0 Å². The first-order valence-electron chi connectivity index (χ1n) is 8.83. The number of aromatic carboxylic acids is 1. The van der Waals surface area contributed by atoms with Gasteiger partial charge in [0.2, 0.25) is 5.60 Å². The number of hydrogen-bond donors (Lipinski definition) is 2. The number of hydrogen-bond acceptors (Lipinski definition) is 6. The maximum absolute atomic E-state index is 12.1. The fourth-order valence-corrected chi connectivity index (χ4v) is 3.20. The quantitative estimate of drug-likeness (QED) is 0.616. The van der Waals surface area contributed by atoms with Gasteiger partial charge in [-0.2, -0.15) is 5.10 Å². The van der Waals surface area contributed by atoms with Crippen LogP contribution in [-0.4, -0.2) is 65.9 Å². The number of carbonyl (C=O) groups excluding carboxylic acids is 1. The molecule has 0 radical (unpaired) electrons. The molecule has 2 N–H and O–H groups in total. The summed E-state index contributed by atoms with van der Waals surface area (Å²) < 4.78 is 1.48. The van der Waals surface area contributed by atoms with Crippen LogP contribution in [0.4, 0.5) is 0 Å². The normalized spacial score (nSPS) is 18.7. The number of aryl methyl sites for hydroxylation is 1. The number of carboxylic acid groups (broad SMARTS) is 1. The summed E-state index contributed by atoms with van der Waals surface area (Å²) in [6.07, 6.45) is 1.66. The average Bonchev–Trinajstić information content (AvgIpc) is 3.21. The van der Waals surface area contributed by atoms with Crippen molar-refractivity contribution in [2.24, 2.45) is 7.05 Å². The minimum Gasteiger partial charge on any atom is -0.476 e. The van der Waals surface area contributed by atoms with Crippen molar-refractivity contribution in [1.29, 1.82) is 0 Å². The van der Waals surface area contributed by atoms with Gasteiger partial charge in [-0.15, -0.1) is 0 Å². The summed E-state index contributed by atoms with van der Waals surface area (Å²) in [6.45, 7) is 0.445. The van der Waals surface area contributed by atoms with E-state index in [1.165, 1.54) is 15.8 Å². The molecule has 0 saturated carbocycles. The van der Waals surface area contributed by atoms with Gasteiger partial charge in [0.1, 0.15) is 0 Å². The molecule has 0 unspecified atom stereocenters. The van der Waals surface area contributed by atoms with E-state index in [2.05, 4.69) is 26.9 Å². The Bertz CT molecular complexity index is 1220. The van der Waals surface area contributed by atoms with E-state index in [1.54, 1.807) is 38.4 Å². The molecular weight excluding hydrogens is 374 g/mol. The van der Waals surface area contributed by atoms with Crippen LogP contribution >= 0.6 is 0 Å². The Hall–Kier alpha value is -3.77. The van der Waals surface area contributed by atoms with Crippen molar-refractivity contribution in [1.82, 2.24) is 24.6 Å². The van der Waals surface area contributed by atoms with Crippen LogP contribution in [0.1, 0.15) is 22.5 Å². The van der Waals surface area contributed by atoms with Crippen LogP contribution in [0.2, 0.25) is 0 Å². The SMILES string of the molecule is CN1CC[C@@](O)(C#Cc2cccc(-c3nc(C(=O)O)c4cnn(C)c4n3)c2)C1=O. The van der Waals surface area contributed by atoms with Crippen LogP contribution in [0.3, 0.4) is 0 Å². The highest BCUT2D eigenvalue weighted by Gasteiger charge is 2.42. The number of likely N-dealkylation sites (tertiary alicyclic amines) is 1. The first kappa shape index (κ1) is 18.6. The highest BCUT2D eigenvalue weighted by atomic mass is 16.4. The van der Waals surface area contributed by atoms with E-state index in [-0.39, 0.29) is 17.9 Å². The summed E-state index contributed by atoms with van der Waals surface area (Å²) in [5.74, 6) is 4.12. The van der Waals surface area contributed by atoms with Crippen molar-refractivity contribution in [3.05, 3.63) is 41.7 Å². The van der Waals surface area contributed by atoms with Crippen molar-refractivity contribution in [2.75, 3.05) is 13.6 Å². The minimum absolute atomic E-state index is 0.136. The Labute approximate surface area is 165 Å². The average molecular weight is 391 g/mol. The highest BCUT2D eigenvalue weighted by molar-refractivity contribution is 6.00. The molecule has 0 aliphatic carbocycles. The van der Waals surface area contributed by atoms with E-state index < -0.39 is 17.5 Å². The lowest BCUT2D eigenvalue weighted by Gasteiger charge is -2.13. The molecule has 1 saturated heterocycles. The third-order valence-electron chi connectivity index (χ3n) is 4.84. The van der Waals surface area contributed by atoms with E-state index in [0.29, 0.717) is 28.7 Å². The third-order valence-corrected chi connectivity index (χ3v) is 4.84. The van der Waals surface area contributed by atoms with Crippen LogP contribution in [-0.2, 0) is 11.8 Å². The monoisotopic (exact) mass is 391 g/mol. The standard InChI is InChI=1S/C20H17N5O4/c1-24-9-8-20(29,19(24)28)7-6-12-4-3-5-13(10-12)16-22-15(18(26)27)14-11-21-25(2)17(14)23-16/h3-5,10-11,29H,8-9H2,1-2H3,(H,26,27)/t20-/m0/s1. The summed E-state index contributed by atoms with van der Waals surface area (Å²) in [6, 6.07) is 6.87. The second-order valence-corrected chi connectivity index (χ2v) is 6.87. The van der Waals surface area contributed by atoms with Crippen molar-refractivity contribution in [3.63, 3.8) is 0 Å². The molecule has 146 valence electrons. The number of carbonyl (C=O) groups is 2. The predicted molar refractivity (Wildman–Crippen MR) is 103 cm³/mol. The summed E-state index contributed by atoms with van der Waals surface area (Å²) in [7, 11) is 3.29. The molecule has 1 aliphatic rings. The van der Waals surface area contributed by atoms with Gasteiger partial charge in [0.15, 0.2) is 17.2 Å². The molecule has 29 heavy (non-hydrogen) atoms. The van der Waals surface area contributed by atoms with E-state index >= 15 is 0 Å². The van der Waals surface area contributed by atoms with E-state index in [9.17, 15) is 19.8 Å².